The zero-order valence-corrected chi connectivity index (χ0v) is 11.9. The first-order chi connectivity index (χ1) is 9.89. The van der Waals surface area contributed by atoms with Gasteiger partial charge in [-0.2, -0.15) is 13.2 Å². The highest BCUT2D eigenvalue weighted by molar-refractivity contribution is 5.82. The molecule has 0 spiro atoms. The summed E-state index contributed by atoms with van der Waals surface area (Å²) in [5.41, 5.74) is 0.726. The molecule has 3 nitrogen and oxygen atoms in total. The number of alkyl halides is 3. The van der Waals surface area contributed by atoms with Gasteiger partial charge in [0, 0.05) is 13.6 Å². The van der Waals surface area contributed by atoms with Crippen LogP contribution in [0.5, 0.6) is 0 Å². The van der Waals surface area contributed by atoms with Crippen molar-refractivity contribution in [3.63, 3.8) is 0 Å². The van der Waals surface area contributed by atoms with Crippen LogP contribution in [0.2, 0.25) is 0 Å². The molecule has 116 valence electrons. The average Bonchev–Trinajstić information content (AvgIpc) is 2.96. The summed E-state index contributed by atoms with van der Waals surface area (Å²) >= 11 is 0. The van der Waals surface area contributed by atoms with E-state index >= 15 is 0 Å². The van der Waals surface area contributed by atoms with E-state index in [1.54, 1.807) is 24.3 Å². The van der Waals surface area contributed by atoms with Gasteiger partial charge in [-0.25, -0.2) is 0 Å². The fourth-order valence-electron chi connectivity index (χ4n) is 2.68. The summed E-state index contributed by atoms with van der Waals surface area (Å²) in [5, 5.41) is 0. The van der Waals surface area contributed by atoms with Crippen LogP contribution in [0.3, 0.4) is 0 Å². The van der Waals surface area contributed by atoms with Gasteiger partial charge in [0.2, 0.25) is 0 Å². The van der Waals surface area contributed by atoms with Gasteiger partial charge >= 0.3 is 12.1 Å². The van der Waals surface area contributed by atoms with Gasteiger partial charge in [0.25, 0.3) is 0 Å². The molecule has 1 fully saturated rings. The summed E-state index contributed by atoms with van der Waals surface area (Å²) in [6.45, 7) is 2.18. The number of nitrogens with zero attached hydrogens (tertiary/aromatic N) is 2. The van der Waals surface area contributed by atoms with Crippen LogP contribution in [0.4, 0.5) is 13.2 Å². The third-order valence-electron chi connectivity index (χ3n) is 3.84. The lowest BCUT2D eigenvalue weighted by Gasteiger charge is -2.32. The Morgan fingerprint density at radius 2 is 1.81 bits per heavy atom. The smallest absolute Gasteiger partial charge is 0.330 e. The molecule has 6 heteroatoms. The second-order valence-electron chi connectivity index (χ2n) is 5.35. The van der Waals surface area contributed by atoms with E-state index in [0.717, 1.165) is 36.4 Å². The molecule has 1 aromatic rings. The summed E-state index contributed by atoms with van der Waals surface area (Å²) in [6.07, 6.45) is -2.73. The largest absolute Gasteiger partial charge is 0.471 e. The van der Waals surface area contributed by atoms with Crippen LogP contribution >= 0.6 is 0 Å². The predicted molar refractivity (Wildman–Crippen MR) is 73.7 cm³/mol. The van der Waals surface area contributed by atoms with Crippen molar-refractivity contribution in [1.82, 2.24) is 9.80 Å². The van der Waals surface area contributed by atoms with Crippen molar-refractivity contribution < 1.29 is 18.0 Å². The summed E-state index contributed by atoms with van der Waals surface area (Å²) in [6, 6.07) is 8.30. The van der Waals surface area contributed by atoms with E-state index in [2.05, 4.69) is 4.90 Å². The van der Waals surface area contributed by atoms with Crippen molar-refractivity contribution in [2.75, 3.05) is 26.7 Å². The average molecular weight is 300 g/mol. The van der Waals surface area contributed by atoms with Gasteiger partial charge < -0.3 is 9.80 Å². The number of amides is 1. The number of rotatable bonds is 4. The van der Waals surface area contributed by atoms with Crippen molar-refractivity contribution in [3.8, 4) is 0 Å². The molecule has 0 bridgehead atoms. The molecular weight excluding hydrogens is 281 g/mol. The molecule has 1 atom stereocenters. The molecule has 1 heterocycles. The highest BCUT2D eigenvalue weighted by Crippen LogP contribution is 2.27. The molecule has 0 saturated carbocycles. The number of halogens is 3. The lowest BCUT2D eigenvalue weighted by atomic mass is 10.0. The van der Waals surface area contributed by atoms with Crippen LogP contribution in [0.15, 0.2) is 30.3 Å². The van der Waals surface area contributed by atoms with Crippen molar-refractivity contribution in [1.29, 1.82) is 0 Å². The summed E-state index contributed by atoms with van der Waals surface area (Å²) < 4.78 is 38.1. The third-order valence-corrected chi connectivity index (χ3v) is 3.84. The van der Waals surface area contributed by atoms with Crippen molar-refractivity contribution in [2.24, 2.45) is 0 Å². The minimum atomic E-state index is -4.84. The van der Waals surface area contributed by atoms with E-state index in [-0.39, 0.29) is 0 Å². The summed E-state index contributed by atoms with van der Waals surface area (Å²) in [4.78, 5) is 14.5. The molecule has 0 N–H and O–H groups in total. The normalized spacial score (nSPS) is 17.7. The highest BCUT2D eigenvalue weighted by atomic mass is 19.4. The van der Waals surface area contributed by atoms with Gasteiger partial charge in [-0.05, 0) is 31.5 Å². The number of benzene rings is 1. The molecule has 1 aliphatic heterocycles. The lowest BCUT2D eigenvalue weighted by molar-refractivity contribution is -0.186. The Morgan fingerprint density at radius 1 is 1.24 bits per heavy atom. The number of likely N-dealkylation sites (N-methyl/N-ethyl adjacent to an activating group) is 1. The van der Waals surface area contributed by atoms with Gasteiger partial charge in [0.05, 0.1) is 6.04 Å². The number of carbonyl (C=O) groups excluding carboxylic acids is 1. The third kappa shape index (κ3) is 3.97. The van der Waals surface area contributed by atoms with Crippen LogP contribution in [-0.2, 0) is 4.79 Å². The zero-order chi connectivity index (χ0) is 15.5. The molecule has 1 aromatic carbocycles. The minimum Gasteiger partial charge on any atom is -0.330 e. The number of carbonyl (C=O) groups is 1. The van der Waals surface area contributed by atoms with Crippen LogP contribution in [-0.4, -0.2) is 48.6 Å². The Morgan fingerprint density at radius 3 is 2.33 bits per heavy atom. The first kappa shape index (κ1) is 15.8. The second-order valence-corrected chi connectivity index (χ2v) is 5.35. The first-order valence-electron chi connectivity index (χ1n) is 7.01. The quantitative estimate of drug-likeness (QED) is 0.853. The SMILES string of the molecule is CN(C(=O)C(F)(F)F)[C@H](CN1CCCC1)c1ccccc1. The first-order valence-corrected chi connectivity index (χ1v) is 7.01. The molecule has 1 saturated heterocycles. The molecule has 1 amide bonds. The molecule has 2 rings (SSSR count). The zero-order valence-electron chi connectivity index (χ0n) is 11.9. The van der Waals surface area contributed by atoms with E-state index in [1.165, 1.54) is 7.05 Å². The maximum Gasteiger partial charge on any atom is 0.471 e. The van der Waals surface area contributed by atoms with Gasteiger partial charge in [0.1, 0.15) is 0 Å². The fourth-order valence-corrected chi connectivity index (χ4v) is 2.68. The number of hydrogen-bond acceptors (Lipinski definition) is 2. The maximum atomic E-state index is 12.7. The van der Waals surface area contributed by atoms with Crippen LogP contribution in [0.25, 0.3) is 0 Å². The Balaban J connectivity index is 2.20. The van der Waals surface area contributed by atoms with E-state index in [1.807, 2.05) is 6.07 Å². The predicted octanol–water partition coefficient (Wildman–Crippen LogP) is 2.84. The van der Waals surface area contributed by atoms with E-state index in [4.69, 9.17) is 0 Å². The van der Waals surface area contributed by atoms with Gasteiger partial charge in [-0.1, -0.05) is 30.3 Å². The topological polar surface area (TPSA) is 23.6 Å². The van der Waals surface area contributed by atoms with E-state index in [9.17, 15) is 18.0 Å². The minimum absolute atomic E-state index is 0.433. The molecule has 0 unspecified atom stereocenters. The number of hydrogen-bond donors (Lipinski definition) is 0. The van der Waals surface area contributed by atoms with Crippen molar-refractivity contribution >= 4 is 5.91 Å². The van der Waals surface area contributed by atoms with E-state index in [0.29, 0.717) is 6.54 Å². The van der Waals surface area contributed by atoms with Crippen molar-refractivity contribution in [3.05, 3.63) is 35.9 Å². The summed E-state index contributed by atoms with van der Waals surface area (Å²) in [7, 11) is 1.23. The molecule has 21 heavy (non-hydrogen) atoms. The van der Waals surface area contributed by atoms with Gasteiger partial charge in [0.15, 0.2) is 0 Å². The monoisotopic (exact) mass is 300 g/mol. The molecule has 0 aliphatic carbocycles. The Hall–Kier alpha value is -1.56. The van der Waals surface area contributed by atoms with Gasteiger partial charge in [-0.15, -0.1) is 0 Å². The Labute approximate surface area is 122 Å². The Bertz CT molecular complexity index is 470. The van der Waals surface area contributed by atoms with Crippen LogP contribution in [0, 0.1) is 0 Å². The van der Waals surface area contributed by atoms with Crippen LogP contribution in [0.1, 0.15) is 24.4 Å². The molecule has 0 aromatic heterocycles. The molecular formula is C15H19F3N2O. The highest BCUT2D eigenvalue weighted by Gasteiger charge is 2.43. The molecule has 1 aliphatic rings. The van der Waals surface area contributed by atoms with Gasteiger partial charge in [-0.3, -0.25) is 4.79 Å². The number of likely N-dealkylation sites (tertiary alicyclic amines) is 1. The molecule has 0 radical (unpaired) electrons. The lowest BCUT2D eigenvalue weighted by Crippen LogP contribution is -2.44. The second kappa shape index (κ2) is 6.47. The van der Waals surface area contributed by atoms with Crippen LogP contribution < -0.4 is 0 Å². The summed E-state index contributed by atoms with van der Waals surface area (Å²) in [5.74, 6) is -1.80. The Kier molecular flexibility index (Phi) is 4.88. The van der Waals surface area contributed by atoms with Crippen molar-refractivity contribution in [2.45, 2.75) is 25.1 Å². The standard InChI is InChI=1S/C15H19F3N2O/c1-19(14(21)15(16,17)18)13(11-20-9-5-6-10-20)12-7-3-2-4-8-12/h2-4,7-8,13H,5-6,9-11H2,1H3/t13-/m1/s1. The van der Waals surface area contributed by atoms with E-state index < -0.39 is 18.1 Å². The fraction of sp³-hybridized carbons (Fsp3) is 0.533. The maximum absolute atomic E-state index is 12.7.